The molecule has 18 heavy (non-hydrogen) atoms. The van der Waals surface area contributed by atoms with Crippen LogP contribution in [0.15, 0.2) is 24.3 Å². The molecule has 0 amide bonds. The van der Waals surface area contributed by atoms with Gasteiger partial charge in [0.15, 0.2) is 0 Å². The van der Waals surface area contributed by atoms with Gasteiger partial charge in [0.25, 0.3) is 0 Å². The minimum Gasteiger partial charge on any atom is -0.494 e. The summed E-state index contributed by atoms with van der Waals surface area (Å²) in [6.45, 7) is 5.04. The molecule has 102 valence electrons. The summed E-state index contributed by atoms with van der Waals surface area (Å²) in [6.07, 6.45) is 5.69. The number of rotatable bonds is 10. The van der Waals surface area contributed by atoms with Crippen LogP contribution in [0.4, 0.5) is 0 Å². The van der Waals surface area contributed by atoms with Gasteiger partial charge in [-0.15, -0.1) is 0 Å². The molecule has 0 fully saturated rings. The van der Waals surface area contributed by atoms with Gasteiger partial charge >= 0.3 is 0 Å². The van der Waals surface area contributed by atoms with E-state index in [0.29, 0.717) is 0 Å². The first-order chi connectivity index (χ1) is 8.86. The molecule has 0 heterocycles. The van der Waals surface area contributed by atoms with Crippen LogP contribution in [-0.4, -0.2) is 25.2 Å². The van der Waals surface area contributed by atoms with Crippen LogP contribution in [0.5, 0.6) is 5.75 Å². The highest BCUT2D eigenvalue weighted by Crippen LogP contribution is 2.12. The van der Waals surface area contributed by atoms with E-state index in [2.05, 4.69) is 42.8 Å². The van der Waals surface area contributed by atoms with Crippen molar-refractivity contribution in [3.63, 3.8) is 0 Å². The monoisotopic (exact) mass is 267 g/mol. The smallest absolute Gasteiger partial charge is 0.119 e. The highest BCUT2D eigenvalue weighted by molar-refractivity contribution is 7.98. The number of nitrogens with one attached hydrogen (secondary N) is 1. The minimum atomic E-state index is 0.822. The lowest BCUT2D eigenvalue weighted by molar-refractivity contribution is 0.309. The Morgan fingerprint density at radius 1 is 1.17 bits per heavy atom. The fourth-order valence-corrected chi connectivity index (χ4v) is 2.05. The molecule has 0 saturated heterocycles. The third-order valence-corrected chi connectivity index (χ3v) is 3.42. The zero-order valence-electron chi connectivity index (χ0n) is 11.6. The normalized spacial score (nSPS) is 10.6. The summed E-state index contributed by atoms with van der Waals surface area (Å²) in [4.78, 5) is 0. The molecular weight excluding hydrogens is 242 g/mol. The van der Waals surface area contributed by atoms with E-state index in [1.165, 1.54) is 24.2 Å². The van der Waals surface area contributed by atoms with E-state index < -0.39 is 0 Å². The summed E-state index contributed by atoms with van der Waals surface area (Å²) in [6, 6.07) is 8.41. The lowest BCUT2D eigenvalue weighted by Gasteiger charge is -2.07. The summed E-state index contributed by atoms with van der Waals surface area (Å²) in [5, 5.41) is 3.45. The van der Waals surface area contributed by atoms with E-state index in [4.69, 9.17) is 4.74 Å². The number of hydrogen-bond donors (Lipinski definition) is 1. The molecule has 0 radical (unpaired) electrons. The first-order valence-electron chi connectivity index (χ1n) is 6.78. The molecule has 2 nitrogen and oxygen atoms in total. The van der Waals surface area contributed by atoms with Crippen LogP contribution in [0, 0.1) is 0 Å². The molecule has 0 aliphatic carbocycles. The molecular formula is C15H25NOS. The number of thioether (sulfide) groups is 1. The molecule has 0 saturated carbocycles. The second-order valence-corrected chi connectivity index (χ2v) is 5.35. The molecule has 1 N–H and O–H groups in total. The maximum atomic E-state index is 5.64. The van der Waals surface area contributed by atoms with Crippen molar-refractivity contribution in [2.24, 2.45) is 0 Å². The fourth-order valence-electron chi connectivity index (χ4n) is 1.61. The highest BCUT2D eigenvalue weighted by atomic mass is 32.2. The Morgan fingerprint density at radius 3 is 2.61 bits per heavy atom. The fraction of sp³-hybridized carbons (Fsp3) is 0.600. The standard InChI is InChI=1S/C15H25NOS/c1-3-4-11-17-15-8-6-14(7-9-15)13-16-10-5-12-18-2/h6-9,16H,3-5,10-13H2,1-2H3. The molecule has 0 atom stereocenters. The summed E-state index contributed by atoms with van der Waals surface area (Å²) in [7, 11) is 0. The van der Waals surface area contributed by atoms with Gasteiger partial charge in [-0.25, -0.2) is 0 Å². The molecule has 1 aromatic carbocycles. The lowest BCUT2D eigenvalue weighted by atomic mass is 10.2. The van der Waals surface area contributed by atoms with E-state index in [-0.39, 0.29) is 0 Å². The van der Waals surface area contributed by atoms with Crippen molar-refractivity contribution in [2.45, 2.75) is 32.7 Å². The van der Waals surface area contributed by atoms with Gasteiger partial charge in [0.05, 0.1) is 6.61 Å². The number of hydrogen-bond acceptors (Lipinski definition) is 3. The largest absolute Gasteiger partial charge is 0.494 e. The van der Waals surface area contributed by atoms with E-state index in [1.54, 1.807) is 0 Å². The average molecular weight is 267 g/mol. The van der Waals surface area contributed by atoms with E-state index in [1.807, 2.05) is 11.8 Å². The third-order valence-electron chi connectivity index (χ3n) is 2.72. The van der Waals surface area contributed by atoms with Crippen molar-refractivity contribution in [1.29, 1.82) is 0 Å². The Morgan fingerprint density at radius 2 is 1.94 bits per heavy atom. The number of unbranched alkanes of at least 4 members (excludes halogenated alkanes) is 1. The van der Waals surface area contributed by atoms with Gasteiger partial charge in [0.1, 0.15) is 5.75 Å². The predicted octanol–water partition coefficient (Wildman–Crippen LogP) is 3.71. The van der Waals surface area contributed by atoms with Gasteiger partial charge in [-0.1, -0.05) is 25.5 Å². The van der Waals surface area contributed by atoms with Gasteiger partial charge in [-0.2, -0.15) is 11.8 Å². The highest BCUT2D eigenvalue weighted by Gasteiger charge is 1.95. The van der Waals surface area contributed by atoms with Crippen LogP contribution in [-0.2, 0) is 6.54 Å². The van der Waals surface area contributed by atoms with Crippen molar-refractivity contribution in [3.8, 4) is 5.75 Å². The maximum Gasteiger partial charge on any atom is 0.119 e. The van der Waals surface area contributed by atoms with Crippen molar-refractivity contribution in [3.05, 3.63) is 29.8 Å². The molecule has 0 unspecified atom stereocenters. The molecule has 0 bridgehead atoms. The lowest BCUT2D eigenvalue weighted by Crippen LogP contribution is -2.15. The zero-order valence-corrected chi connectivity index (χ0v) is 12.4. The van der Waals surface area contributed by atoms with Gasteiger partial charge in [-0.05, 0) is 49.1 Å². The molecule has 3 heteroatoms. The predicted molar refractivity (Wildman–Crippen MR) is 81.6 cm³/mol. The molecule has 0 spiro atoms. The molecule has 1 aromatic rings. The van der Waals surface area contributed by atoms with Crippen molar-refractivity contribution >= 4 is 11.8 Å². The van der Waals surface area contributed by atoms with Crippen LogP contribution in [0.3, 0.4) is 0 Å². The first kappa shape index (κ1) is 15.4. The number of ether oxygens (including phenoxy) is 1. The minimum absolute atomic E-state index is 0.822. The molecule has 0 aromatic heterocycles. The second-order valence-electron chi connectivity index (χ2n) is 4.37. The van der Waals surface area contributed by atoms with Crippen molar-refractivity contribution < 1.29 is 4.74 Å². The Hall–Kier alpha value is -0.670. The Balaban J connectivity index is 2.19. The Labute approximate surface area is 116 Å². The van der Waals surface area contributed by atoms with Gasteiger partial charge in [0, 0.05) is 6.54 Å². The van der Waals surface area contributed by atoms with Gasteiger partial charge in [-0.3, -0.25) is 0 Å². The van der Waals surface area contributed by atoms with Crippen LogP contribution in [0.1, 0.15) is 31.7 Å². The van der Waals surface area contributed by atoms with E-state index in [0.717, 1.165) is 31.9 Å². The Bertz CT molecular complexity index is 300. The van der Waals surface area contributed by atoms with Crippen LogP contribution >= 0.6 is 11.8 Å². The SMILES string of the molecule is CCCCOc1ccc(CNCCCSC)cc1. The van der Waals surface area contributed by atoms with Crippen molar-refractivity contribution in [1.82, 2.24) is 5.32 Å². The Kier molecular flexibility index (Phi) is 8.78. The number of benzene rings is 1. The molecule has 1 rings (SSSR count). The third kappa shape index (κ3) is 6.92. The van der Waals surface area contributed by atoms with Crippen molar-refractivity contribution in [2.75, 3.05) is 25.2 Å². The van der Waals surface area contributed by atoms with E-state index >= 15 is 0 Å². The second kappa shape index (κ2) is 10.3. The molecule has 0 aliphatic heterocycles. The summed E-state index contributed by atoms with van der Waals surface area (Å²) >= 11 is 1.90. The summed E-state index contributed by atoms with van der Waals surface area (Å²) < 4.78 is 5.64. The van der Waals surface area contributed by atoms with Gasteiger partial charge < -0.3 is 10.1 Å². The quantitative estimate of drug-likeness (QED) is 0.653. The maximum absolute atomic E-state index is 5.64. The van der Waals surface area contributed by atoms with Crippen LogP contribution < -0.4 is 10.1 Å². The summed E-state index contributed by atoms with van der Waals surface area (Å²) in [5.41, 5.74) is 1.32. The topological polar surface area (TPSA) is 21.3 Å². The van der Waals surface area contributed by atoms with Crippen LogP contribution in [0.2, 0.25) is 0 Å². The van der Waals surface area contributed by atoms with Gasteiger partial charge in [0.2, 0.25) is 0 Å². The van der Waals surface area contributed by atoms with Crippen LogP contribution in [0.25, 0.3) is 0 Å². The van der Waals surface area contributed by atoms with E-state index in [9.17, 15) is 0 Å². The summed E-state index contributed by atoms with van der Waals surface area (Å²) in [5.74, 6) is 2.21. The zero-order chi connectivity index (χ0) is 13.1. The molecule has 0 aliphatic rings. The first-order valence-corrected chi connectivity index (χ1v) is 8.17. The average Bonchev–Trinajstić information content (AvgIpc) is 2.40.